The first-order valence-corrected chi connectivity index (χ1v) is 5.02. The standard InChI is InChI=1S/C11H13N3/c12-5-8-4-10(8)9-3-1-2-7-6-13-14-11(7)9/h1-3,6,8,10H,4-5,12H2,(H,13,14)/t8-,10+/m0/s1. The lowest BCUT2D eigenvalue weighted by atomic mass is 10.1. The molecular formula is C11H13N3. The monoisotopic (exact) mass is 187 g/mol. The molecule has 1 aromatic heterocycles. The van der Waals surface area contributed by atoms with E-state index in [2.05, 4.69) is 28.4 Å². The fourth-order valence-corrected chi connectivity index (χ4v) is 2.19. The third-order valence-corrected chi connectivity index (χ3v) is 3.13. The fraction of sp³-hybridized carbons (Fsp3) is 0.364. The minimum atomic E-state index is 0.657. The average molecular weight is 187 g/mol. The van der Waals surface area contributed by atoms with Crippen LogP contribution in [0, 0.1) is 5.92 Å². The Morgan fingerprint density at radius 3 is 3.21 bits per heavy atom. The van der Waals surface area contributed by atoms with Crippen LogP contribution in [0.1, 0.15) is 17.9 Å². The number of nitrogens with two attached hydrogens (primary N) is 1. The molecule has 72 valence electrons. The van der Waals surface area contributed by atoms with Gasteiger partial charge in [-0.25, -0.2) is 0 Å². The Morgan fingerprint density at radius 1 is 1.50 bits per heavy atom. The molecule has 3 N–H and O–H groups in total. The van der Waals surface area contributed by atoms with Gasteiger partial charge in [0.2, 0.25) is 0 Å². The van der Waals surface area contributed by atoms with Crippen LogP contribution >= 0.6 is 0 Å². The lowest BCUT2D eigenvalue weighted by molar-refractivity contribution is 0.811. The molecule has 0 saturated heterocycles. The van der Waals surface area contributed by atoms with Crippen molar-refractivity contribution in [2.45, 2.75) is 12.3 Å². The minimum Gasteiger partial charge on any atom is -0.330 e. The molecule has 0 unspecified atom stereocenters. The Kier molecular flexibility index (Phi) is 1.61. The largest absolute Gasteiger partial charge is 0.330 e. The topological polar surface area (TPSA) is 54.7 Å². The number of benzene rings is 1. The highest BCUT2D eigenvalue weighted by Crippen LogP contribution is 2.48. The van der Waals surface area contributed by atoms with Crippen molar-refractivity contribution in [3.8, 4) is 0 Å². The number of para-hydroxylation sites is 1. The molecule has 14 heavy (non-hydrogen) atoms. The zero-order valence-electron chi connectivity index (χ0n) is 7.90. The predicted octanol–water partition coefficient (Wildman–Crippen LogP) is 1.63. The van der Waals surface area contributed by atoms with E-state index in [-0.39, 0.29) is 0 Å². The van der Waals surface area contributed by atoms with Gasteiger partial charge < -0.3 is 5.73 Å². The summed E-state index contributed by atoms with van der Waals surface area (Å²) >= 11 is 0. The second kappa shape index (κ2) is 2.82. The van der Waals surface area contributed by atoms with Gasteiger partial charge in [0.05, 0.1) is 11.7 Å². The molecule has 0 spiro atoms. The molecule has 1 aromatic carbocycles. The van der Waals surface area contributed by atoms with Gasteiger partial charge in [-0.05, 0) is 30.4 Å². The summed E-state index contributed by atoms with van der Waals surface area (Å²) in [6, 6.07) is 6.36. The van der Waals surface area contributed by atoms with Crippen LogP contribution in [-0.4, -0.2) is 16.7 Å². The van der Waals surface area contributed by atoms with E-state index in [4.69, 9.17) is 5.73 Å². The van der Waals surface area contributed by atoms with Crippen LogP contribution in [0.3, 0.4) is 0 Å². The summed E-state index contributed by atoms with van der Waals surface area (Å²) in [5.74, 6) is 1.34. The van der Waals surface area contributed by atoms with Crippen LogP contribution in [0.5, 0.6) is 0 Å². The van der Waals surface area contributed by atoms with E-state index in [0.717, 1.165) is 6.54 Å². The average Bonchev–Trinajstić information content (AvgIpc) is 2.85. The van der Waals surface area contributed by atoms with Crippen LogP contribution in [-0.2, 0) is 0 Å². The first kappa shape index (κ1) is 8.00. The van der Waals surface area contributed by atoms with Crippen LogP contribution in [0.15, 0.2) is 24.4 Å². The molecule has 3 heteroatoms. The molecule has 0 radical (unpaired) electrons. The molecule has 1 heterocycles. The molecule has 3 rings (SSSR count). The number of nitrogens with zero attached hydrogens (tertiary/aromatic N) is 1. The Morgan fingerprint density at radius 2 is 2.43 bits per heavy atom. The van der Waals surface area contributed by atoms with Crippen LogP contribution < -0.4 is 5.73 Å². The summed E-state index contributed by atoms with van der Waals surface area (Å²) < 4.78 is 0. The van der Waals surface area contributed by atoms with Gasteiger partial charge in [-0.15, -0.1) is 0 Å². The fourth-order valence-electron chi connectivity index (χ4n) is 2.19. The lowest BCUT2D eigenvalue weighted by Crippen LogP contribution is -2.02. The van der Waals surface area contributed by atoms with Gasteiger partial charge in [0.1, 0.15) is 0 Å². The number of hydrogen-bond donors (Lipinski definition) is 2. The first-order chi connectivity index (χ1) is 6.90. The SMILES string of the molecule is NC[C@@H]1C[C@H]1c1cccc2cn[nH]c12. The van der Waals surface area contributed by atoms with E-state index in [1.54, 1.807) is 0 Å². The zero-order valence-corrected chi connectivity index (χ0v) is 7.90. The number of fused-ring (bicyclic) bond motifs is 1. The molecular weight excluding hydrogens is 174 g/mol. The second-order valence-electron chi connectivity index (χ2n) is 4.02. The first-order valence-electron chi connectivity index (χ1n) is 5.02. The zero-order chi connectivity index (χ0) is 9.54. The summed E-state index contributed by atoms with van der Waals surface area (Å²) in [7, 11) is 0. The van der Waals surface area contributed by atoms with Gasteiger partial charge in [0.15, 0.2) is 0 Å². The third-order valence-electron chi connectivity index (χ3n) is 3.13. The highest BCUT2D eigenvalue weighted by molar-refractivity contribution is 5.82. The molecule has 0 amide bonds. The van der Waals surface area contributed by atoms with Crippen molar-refractivity contribution in [1.82, 2.24) is 10.2 Å². The molecule has 2 atom stereocenters. The van der Waals surface area contributed by atoms with Gasteiger partial charge in [0, 0.05) is 5.39 Å². The van der Waals surface area contributed by atoms with Gasteiger partial charge in [-0.1, -0.05) is 18.2 Å². The van der Waals surface area contributed by atoms with Gasteiger partial charge in [0.25, 0.3) is 0 Å². The Balaban J connectivity index is 2.08. The van der Waals surface area contributed by atoms with E-state index >= 15 is 0 Å². The maximum Gasteiger partial charge on any atom is 0.0685 e. The smallest absolute Gasteiger partial charge is 0.0685 e. The van der Waals surface area contributed by atoms with Gasteiger partial charge in [-0.3, -0.25) is 5.10 Å². The number of hydrogen-bond acceptors (Lipinski definition) is 2. The summed E-state index contributed by atoms with van der Waals surface area (Å²) in [5, 5.41) is 8.33. The van der Waals surface area contributed by atoms with Gasteiger partial charge >= 0.3 is 0 Å². The van der Waals surface area contributed by atoms with Crippen molar-refractivity contribution in [1.29, 1.82) is 0 Å². The normalized spacial score (nSPS) is 25.5. The van der Waals surface area contributed by atoms with Gasteiger partial charge in [-0.2, -0.15) is 5.10 Å². The molecule has 0 bridgehead atoms. The van der Waals surface area contributed by atoms with Crippen molar-refractivity contribution in [2.24, 2.45) is 11.7 Å². The molecule has 1 saturated carbocycles. The van der Waals surface area contributed by atoms with Crippen molar-refractivity contribution in [3.63, 3.8) is 0 Å². The summed E-state index contributed by atoms with van der Waals surface area (Å²) in [6.07, 6.45) is 3.10. The molecule has 1 fully saturated rings. The summed E-state index contributed by atoms with van der Waals surface area (Å²) in [6.45, 7) is 0.801. The molecule has 1 aliphatic rings. The number of aromatic nitrogens is 2. The van der Waals surface area contributed by atoms with E-state index in [9.17, 15) is 0 Å². The molecule has 0 aliphatic heterocycles. The number of H-pyrrole nitrogens is 1. The maximum absolute atomic E-state index is 5.66. The summed E-state index contributed by atoms with van der Waals surface area (Å²) in [5.41, 5.74) is 8.23. The van der Waals surface area contributed by atoms with Crippen LogP contribution in [0.4, 0.5) is 0 Å². The Bertz CT molecular complexity index is 460. The van der Waals surface area contributed by atoms with E-state index in [0.29, 0.717) is 11.8 Å². The van der Waals surface area contributed by atoms with Crippen LogP contribution in [0.2, 0.25) is 0 Å². The number of rotatable bonds is 2. The highest BCUT2D eigenvalue weighted by Gasteiger charge is 2.38. The number of nitrogens with one attached hydrogen (secondary N) is 1. The molecule has 1 aliphatic carbocycles. The van der Waals surface area contributed by atoms with Crippen molar-refractivity contribution in [2.75, 3.05) is 6.54 Å². The summed E-state index contributed by atoms with van der Waals surface area (Å²) in [4.78, 5) is 0. The van der Waals surface area contributed by atoms with Crippen molar-refractivity contribution in [3.05, 3.63) is 30.0 Å². The quantitative estimate of drug-likeness (QED) is 0.750. The Labute approximate surface area is 82.3 Å². The van der Waals surface area contributed by atoms with Crippen molar-refractivity contribution < 1.29 is 0 Å². The predicted molar refractivity (Wildman–Crippen MR) is 56.0 cm³/mol. The highest BCUT2D eigenvalue weighted by atomic mass is 15.1. The lowest BCUT2D eigenvalue weighted by Gasteiger charge is -2.00. The third kappa shape index (κ3) is 1.06. The second-order valence-corrected chi connectivity index (χ2v) is 4.02. The minimum absolute atomic E-state index is 0.657. The number of aromatic amines is 1. The van der Waals surface area contributed by atoms with Crippen molar-refractivity contribution >= 4 is 10.9 Å². The van der Waals surface area contributed by atoms with Crippen LogP contribution in [0.25, 0.3) is 10.9 Å². The molecule has 3 nitrogen and oxygen atoms in total. The van der Waals surface area contributed by atoms with E-state index < -0.39 is 0 Å². The Hall–Kier alpha value is -1.35. The maximum atomic E-state index is 5.66. The van der Waals surface area contributed by atoms with E-state index in [1.807, 2.05) is 6.20 Å². The van der Waals surface area contributed by atoms with E-state index in [1.165, 1.54) is 22.9 Å². The molecule has 2 aromatic rings.